The number of hydrogen-bond acceptors (Lipinski definition) is 5. The van der Waals surface area contributed by atoms with Crippen molar-refractivity contribution in [3.05, 3.63) is 18.2 Å². The molecule has 2 N–H and O–H groups in total. The highest BCUT2D eigenvalue weighted by atomic mass is 16.4. The Labute approximate surface area is 113 Å². The molecule has 1 aliphatic rings. The molecule has 2 aromatic rings. The molecule has 2 atom stereocenters. The molecule has 5 heteroatoms. The lowest BCUT2D eigenvalue weighted by Crippen LogP contribution is -2.55. The van der Waals surface area contributed by atoms with Crippen molar-refractivity contribution in [3.8, 4) is 0 Å². The standard InChI is InChI=1S/C14H20N4O/c1-9-7-18(8-10(2)17(9)3)14-16-12-6-11(15)4-5-13(12)19-14/h4-6,9-10H,7-8,15H2,1-3H3. The van der Waals surface area contributed by atoms with E-state index < -0.39 is 0 Å². The Hall–Kier alpha value is -1.75. The number of anilines is 2. The Bertz CT molecular complexity index is 582. The maximum Gasteiger partial charge on any atom is 0.298 e. The Morgan fingerprint density at radius 3 is 2.63 bits per heavy atom. The molecule has 0 spiro atoms. The molecule has 0 bridgehead atoms. The molecule has 2 heterocycles. The Morgan fingerprint density at radius 2 is 1.95 bits per heavy atom. The lowest BCUT2D eigenvalue weighted by atomic mass is 10.1. The number of hydrogen-bond donors (Lipinski definition) is 1. The summed E-state index contributed by atoms with van der Waals surface area (Å²) >= 11 is 0. The van der Waals surface area contributed by atoms with Crippen molar-refractivity contribution < 1.29 is 4.42 Å². The van der Waals surface area contributed by atoms with Gasteiger partial charge in [-0.2, -0.15) is 4.98 Å². The first-order valence-corrected chi connectivity index (χ1v) is 6.67. The molecule has 0 saturated carbocycles. The van der Waals surface area contributed by atoms with Gasteiger partial charge in [0.25, 0.3) is 6.01 Å². The summed E-state index contributed by atoms with van der Waals surface area (Å²) in [5.74, 6) is 0. The predicted molar refractivity (Wildman–Crippen MR) is 77.3 cm³/mol. The summed E-state index contributed by atoms with van der Waals surface area (Å²) in [6, 6.07) is 7.25. The average Bonchev–Trinajstić information content (AvgIpc) is 2.78. The molecule has 1 aliphatic heterocycles. The first kappa shape index (κ1) is 12.3. The van der Waals surface area contributed by atoms with Gasteiger partial charge in [0.15, 0.2) is 5.58 Å². The van der Waals surface area contributed by atoms with E-state index in [1.165, 1.54) is 0 Å². The summed E-state index contributed by atoms with van der Waals surface area (Å²) in [6.45, 7) is 6.32. The van der Waals surface area contributed by atoms with Crippen LogP contribution in [0.4, 0.5) is 11.7 Å². The molecule has 0 radical (unpaired) electrons. The maximum absolute atomic E-state index is 5.84. The molecule has 1 saturated heterocycles. The molecular weight excluding hydrogens is 240 g/mol. The number of likely N-dealkylation sites (N-methyl/N-ethyl adjacent to an activating group) is 1. The van der Waals surface area contributed by atoms with Crippen LogP contribution in [0.1, 0.15) is 13.8 Å². The summed E-state index contributed by atoms with van der Waals surface area (Å²) in [5, 5.41) is 0. The summed E-state index contributed by atoms with van der Waals surface area (Å²) in [5.41, 5.74) is 8.11. The largest absolute Gasteiger partial charge is 0.423 e. The van der Waals surface area contributed by atoms with E-state index in [-0.39, 0.29) is 0 Å². The fourth-order valence-corrected chi connectivity index (χ4v) is 2.63. The molecule has 3 rings (SSSR count). The predicted octanol–water partition coefficient (Wildman–Crippen LogP) is 1.94. The van der Waals surface area contributed by atoms with E-state index in [1.54, 1.807) is 0 Å². The third-order valence-corrected chi connectivity index (χ3v) is 4.03. The third-order valence-electron chi connectivity index (χ3n) is 4.03. The van der Waals surface area contributed by atoms with Gasteiger partial charge in [0.1, 0.15) is 5.52 Å². The SMILES string of the molecule is CC1CN(c2nc3cc(N)ccc3o2)CC(C)N1C. The molecule has 0 aliphatic carbocycles. The summed E-state index contributed by atoms with van der Waals surface area (Å²) in [4.78, 5) is 9.15. The molecule has 5 nitrogen and oxygen atoms in total. The van der Waals surface area contributed by atoms with Crippen LogP contribution in [0, 0.1) is 0 Å². The highest BCUT2D eigenvalue weighted by molar-refractivity contribution is 5.78. The molecule has 1 aromatic carbocycles. The zero-order valence-corrected chi connectivity index (χ0v) is 11.6. The first-order valence-electron chi connectivity index (χ1n) is 6.67. The van der Waals surface area contributed by atoms with Gasteiger partial charge in [-0.15, -0.1) is 0 Å². The van der Waals surface area contributed by atoms with Crippen molar-refractivity contribution >= 4 is 22.8 Å². The Morgan fingerprint density at radius 1 is 1.26 bits per heavy atom. The number of benzene rings is 1. The summed E-state index contributed by atoms with van der Waals surface area (Å²) < 4.78 is 5.84. The highest BCUT2D eigenvalue weighted by Gasteiger charge is 2.28. The van der Waals surface area contributed by atoms with Crippen LogP contribution in [0.3, 0.4) is 0 Å². The van der Waals surface area contributed by atoms with E-state index >= 15 is 0 Å². The Balaban J connectivity index is 1.92. The quantitative estimate of drug-likeness (QED) is 0.794. The zero-order chi connectivity index (χ0) is 13.6. The first-order chi connectivity index (χ1) is 9.04. The number of fused-ring (bicyclic) bond motifs is 1. The maximum atomic E-state index is 5.84. The van der Waals surface area contributed by atoms with Gasteiger partial charge in [-0.25, -0.2) is 0 Å². The zero-order valence-electron chi connectivity index (χ0n) is 11.6. The highest BCUT2D eigenvalue weighted by Crippen LogP contribution is 2.26. The fourth-order valence-electron chi connectivity index (χ4n) is 2.63. The van der Waals surface area contributed by atoms with Crippen molar-refractivity contribution in [2.45, 2.75) is 25.9 Å². The normalized spacial score (nSPS) is 25.1. The number of nitrogen functional groups attached to an aromatic ring is 1. The van der Waals surface area contributed by atoms with Gasteiger partial charge >= 0.3 is 0 Å². The van der Waals surface area contributed by atoms with Crippen LogP contribution in [0.2, 0.25) is 0 Å². The molecule has 102 valence electrons. The summed E-state index contributed by atoms with van der Waals surface area (Å²) in [6.07, 6.45) is 0. The van der Waals surface area contributed by atoms with E-state index in [4.69, 9.17) is 10.2 Å². The van der Waals surface area contributed by atoms with Crippen LogP contribution in [-0.2, 0) is 0 Å². The fraction of sp³-hybridized carbons (Fsp3) is 0.500. The van der Waals surface area contributed by atoms with E-state index in [9.17, 15) is 0 Å². The number of nitrogens with zero attached hydrogens (tertiary/aromatic N) is 3. The minimum atomic E-state index is 0.490. The van der Waals surface area contributed by atoms with Gasteiger partial charge in [0.2, 0.25) is 0 Å². The minimum absolute atomic E-state index is 0.490. The smallest absolute Gasteiger partial charge is 0.298 e. The minimum Gasteiger partial charge on any atom is -0.423 e. The monoisotopic (exact) mass is 260 g/mol. The number of piperazine rings is 1. The van der Waals surface area contributed by atoms with Gasteiger partial charge in [-0.05, 0) is 39.1 Å². The van der Waals surface area contributed by atoms with E-state index in [2.05, 4.69) is 35.7 Å². The third kappa shape index (κ3) is 2.14. The van der Waals surface area contributed by atoms with Crippen molar-refractivity contribution in [1.29, 1.82) is 0 Å². The van der Waals surface area contributed by atoms with Crippen LogP contribution < -0.4 is 10.6 Å². The van der Waals surface area contributed by atoms with Crippen LogP contribution in [-0.4, -0.2) is 42.1 Å². The van der Waals surface area contributed by atoms with Gasteiger partial charge in [0, 0.05) is 30.9 Å². The van der Waals surface area contributed by atoms with Gasteiger partial charge in [-0.1, -0.05) is 0 Å². The van der Waals surface area contributed by atoms with Crippen molar-refractivity contribution in [2.24, 2.45) is 0 Å². The lowest BCUT2D eigenvalue weighted by Gasteiger charge is -2.41. The topological polar surface area (TPSA) is 58.5 Å². The van der Waals surface area contributed by atoms with Crippen molar-refractivity contribution in [3.63, 3.8) is 0 Å². The van der Waals surface area contributed by atoms with E-state index in [0.29, 0.717) is 23.8 Å². The molecule has 19 heavy (non-hydrogen) atoms. The van der Waals surface area contributed by atoms with Crippen LogP contribution in [0.25, 0.3) is 11.1 Å². The molecule has 0 amide bonds. The number of nitrogens with two attached hydrogens (primary N) is 1. The van der Waals surface area contributed by atoms with Crippen LogP contribution in [0.5, 0.6) is 0 Å². The molecule has 2 unspecified atom stereocenters. The number of rotatable bonds is 1. The van der Waals surface area contributed by atoms with Crippen molar-refractivity contribution in [2.75, 3.05) is 30.8 Å². The van der Waals surface area contributed by atoms with Gasteiger partial charge in [0.05, 0.1) is 0 Å². The second-order valence-electron chi connectivity index (χ2n) is 5.49. The van der Waals surface area contributed by atoms with Gasteiger partial charge < -0.3 is 15.1 Å². The van der Waals surface area contributed by atoms with Crippen LogP contribution >= 0.6 is 0 Å². The average molecular weight is 260 g/mol. The van der Waals surface area contributed by atoms with Crippen molar-refractivity contribution in [1.82, 2.24) is 9.88 Å². The van der Waals surface area contributed by atoms with E-state index in [0.717, 1.165) is 24.2 Å². The number of oxazole rings is 1. The summed E-state index contributed by atoms with van der Waals surface area (Å²) in [7, 11) is 2.17. The Kier molecular flexibility index (Phi) is 2.86. The number of aromatic nitrogens is 1. The van der Waals surface area contributed by atoms with Gasteiger partial charge in [-0.3, -0.25) is 4.90 Å². The molecule has 1 fully saturated rings. The molecular formula is C14H20N4O. The second-order valence-corrected chi connectivity index (χ2v) is 5.49. The van der Waals surface area contributed by atoms with E-state index in [1.807, 2.05) is 18.2 Å². The van der Waals surface area contributed by atoms with Crippen LogP contribution in [0.15, 0.2) is 22.6 Å². The second kappa shape index (κ2) is 4.42. The molecule has 1 aromatic heterocycles. The lowest BCUT2D eigenvalue weighted by molar-refractivity contribution is 0.166.